The normalized spacial score (nSPS) is 34.4. The Kier molecular flexibility index (Phi) is 3.79. The molecular weight excluding hydrogens is 308 g/mol. The maximum absolute atomic E-state index is 12.3. The molecule has 0 atom stereocenters. The second-order valence-electron chi connectivity index (χ2n) is 8.18. The zero-order chi connectivity index (χ0) is 16.0. The minimum atomic E-state index is -0.105. The summed E-state index contributed by atoms with van der Waals surface area (Å²) in [5, 5.41) is 6.74. The predicted molar refractivity (Wildman–Crippen MR) is 93.8 cm³/mol. The van der Waals surface area contributed by atoms with Crippen LogP contribution in [0.15, 0.2) is 18.2 Å². The number of rotatable bonds is 3. The van der Waals surface area contributed by atoms with Gasteiger partial charge in [-0.1, -0.05) is 17.7 Å². The number of carbonyl (C=O) groups is 1. The summed E-state index contributed by atoms with van der Waals surface area (Å²) in [7, 11) is 0. The van der Waals surface area contributed by atoms with E-state index in [1.807, 2.05) is 19.1 Å². The molecule has 0 spiro atoms. The molecule has 4 heteroatoms. The fraction of sp³-hybridized carbons (Fsp3) is 0.632. The van der Waals surface area contributed by atoms with Crippen LogP contribution in [0.2, 0.25) is 5.02 Å². The van der Waals surface area contributed by atoms with Crippen molar-refractivity contribution in [1.29, 1.82) is 0 Å². The van der Waals surface area contributed by atoms with E-state index >= 15 is 0 Å². The van der Waals surface area contributed by atoms with Gasteiger partial charge in [0, 0.05) is 17.3 Å². The van der Waals surface area contributed by atoms with Crippen LogP contribution in [-0.2, 0) is 0 Å². The van der Waals surface area contributed by atoms with Gasteiger partial charge >= 0.3 is 6.03 Å². The van der Waals surface area contributed by atoms with E-state index in [-0.39, 0.29) is 6.03 Å². The second-order valence-corrected chi connectivity index (χ2v) is 8.62. The van der Waals surface area contributed by atoms with E-state index in [2.05, 4.69) is 10.6 Å². The summed E-state index contributed by atoms with van der Waals surface area (Å²) in [4.78, 5) is 12.3. The Morgan fingerprint density at radius 3 is 2.39 bits per heavy atom. The van der Waals surface area contributed by atoms with E-state index in [1.54, 1.807) is 6.07 Å². The lowest BCUT2D eigenvalue weighted by Gasteiger charge is -2.56. The molecule has 0 saturated heterocycles. The number of halogens is 1. The van der Waals surface area contributed by atoms with Crippen LogP contribution in [0.25, 0.3) is 0 Å². The lowest BCUT2D eigenvalue weighted by Crippen LogP contribution is -2.51. The molecule has 23 heavy (non-hydrogen) atoms. The van der Waals surface area contributed by atoms with Gasteiger partial charge in [-0.15, -0.1) is 0 Å². The Labute approximate surface area is 143 Å². The van der Waals surface area contributed by atoms with Gasteiger partial charge in [0.1, 0.15) is 0 Å². The molecule has 4 aliphatic carbocycles. The molecule has 0 aromatic heterocycles. The first-order valence-corrected chi connectivity index (χ1v) is 9.20. The smallest absolute Gasteiger partial charge is 0.319 e. The van der Waals surface area contributed by atoms with E-state index in [4.69, 9.17) is 11.6 Å². The van der Waals surface area contributed by atoms with E-state index in [9.17, 15) is 4.79 Å². The van der Waals surface area contributed by atoms with Gasteiger partial charge in [-0.2, -0.15) is 0 Å². The van der Waals surface area contributed by atoms with Gasteiger partial charge in [-0.25, -0.2) is 4.79 Å². The number of carbonyl (C=O) groups excluding carboxylic acids is 1. The lowest BCUT2D eigenvalue weighted by atomic mass is 9.49. The van der Waals surface area contributed by atoms with Crippen LogP contribution in [0.4, 0.5) is 10.5 Å². The first kappa shape index (κ1) is 15.3. The monoisotopic (exact) mass is 332 g/mol. The lowest BCUT2D eigenvalue weighted by molar-refractivity contribution is -0.0496. The van der Waals surface area contributed by atoms with E-state index in [1.165, 1.54) is 38.5 Å². The molecule has 0 aliphatic heterocycles. The highest BCUT2D eigenvalue weighted by Gasteiger charge is 2.50. The van der Waals surface area contributed by atoms with E-state index in [0.717, 1.165) is 35.5 Å². The number of hydrogen-bond donors (Lipinski definition) is 2. The topological polar surface area (TPSA) is 41.1 Å². The maximum Gasteiger partial charge on any atom is 0.319 e. The Balaban J connectivity index is 1.37. The number of hydrogen-bond acceptors (Lipinski definition) is 1. The van der Waals surface area contributed by atoms with Crippen LogP contribution < -0.4 is 10.6 Å². The first-order chi connectivity index (χ1) is 11.0. The molecule has 0 heterocycles. The molecule has 4 saturated carbocycles. The summed E-state index contributed by atoms with van der Waals surface area (Å²) in [6, 6.07) is 5.47. The van der Waals surface area contributed by atoms with Gasteiger partial charge in [0.2, 0.25) is 0 Å². The summed E-state index contributed by atoms with van der Waals surface area (Å²) < 4.78 is 0. The summed E-state index contributed by atoms with van der Waals surface area (Å²) >= 11 is 6.02. The quantitative estimate of drug-likeness (QED) is 0.804. The average Bonchev–Trinajstić information content (AvgIpc) is 2.48. The van der Waals surface area contributed by atoms with E-state index in [0.29, 0.717) is 10.4 Å². The minimum absolute atomic E-state index is 0.105. The van der Waals surface area contributed by atoms with Gasteiger partial charge in [0.05, 0.1) is 0 Å². The van der Waals surface area contributed by atoms with Crippen molar-refractivity contribution >= 4 is 23.3 Å². The van der Waals surface area contributed by atoms with Crippen molar-refractivity contribution in [2.24, 2.45) is 23.2 Å². The SMILES string of the molecule is Cc1ccc(Cl)cc1NC(=O)NCC12CC3CC(CC(C3)C1)C2. The molecule has 1 aromatic carbocycles. The minimum Gasteiger partial charge on any atom is -0.337 e. The van der Waals surface area contributed by atoms with Crippen molar-refractivity contribution in [3.05, 3.63) is 28.8 Å². The predicted octanol–water partition coefficient (Wildman–Crippen LogP) is 4.99. The fourth-order valence-corrected chi connectivity index (χ4v) is 5.84. The zero-order valence-corrected chi connectivity index (χ0v) is 14.5. The number of urea groups is 1. The fourth-order valence-electron chi connectivity index (χ4n) is 5.67. The molecule has 2 N–H and O–H groups in total. The average molecular weight is 333 g/mol. The van der Waals surface area contributed by atoms with E-state index < -0.39 is 0 Å². The molecule has 4 aliphatic rings. The van der Waals surface area contributed by atoms with Crippen LogP contribution in [0, 0.1) is 30.1 Å². The summed E-state index contributed by atoms with van der Waals surface area (Å²) in [5.74, 6) is 2.75. The third-order valence-electron chi connectivity index (χ3n) is 6.24. The van der Waals surface area contributed by atoms with Crippen molar-refractivity contribution in [1.82, 2.24) is 5.32 Å². The number of amides is 2. The van der Waals surface area contributed by atoms with Gasteiger partial charge in [0.25, 0.3) is 0 Å². The van der Waals surface area contributed by atoms with Gasteiger partial charge in [0.15, 0.2) is 0 Å². The largest absolute Gasteiger partial charge is 0.337 e. The first-order valence-electron chi connectivity index (χ1n) is 8.82. The van der Waals surface area contributed by atoms with Crippen molar-refractivity contribution in [3.63, 3.8) is 0 Å². The van der Waals surface area contributed by atoms with Crippen molar-refractivity contribution in [2.45, 2.75) is 45.4 Å². The Morgan fingerprint density at radius 1 is 1.17 bits per heavy atom. The molecule has 4 fully saturated rings. The highest BCUT2D eigenvalue weighted by molar-refractivity contribution is 6.31. The number of anilines is 1. The third kappa shape index (κ3) is 3.08. The van der Waals surface area contributed by atoms with Crippen LogP contribution in [0.3, 0.4) is 0 Å². The molecular formula is C19H25ClN2O. The molecule has 1 aromatic rings. The summed E-state index contributed by atoms with van der Waals surface area (Å²) in [6.45, 7) is 2.80. The maximum atomic E-state index is 12.3. The second kappa shape index (κ2) is 5.70. The number of aryl methyl sites for hydroxylation is 1. The van der Waals surface area contributed by atoms with Crippen LogP contribution >= 0.6 is 11.6 Å². The zero-order valence-electron chi connectivity index (χ0n) is 13.7. The standard InChI is InChI=1S/C19H25ClN2O/c1-12-2-3-16(20)7-17(12)22-18(23)21-11-19-8-13-4-14(9-19)6-15(5-13)10-19/h2-3,7,13-15H,4-6,8-11H2,1H3,(H2,21,22,23). The molecule has 2 amide bonds. The highest BCUT2D eigenvalue weighted by Crippen LogP contribution is 2.59. The molecule has 5 rings (SSSR count). The Morgan fingerprint density at radius 2 is 1.78 bits per heavy atom. The molecule has 0 radical (unpaired) electrons. The van der Waals surface area contributed by atoms with Crippen molar-refractivity contribution in [3.8, 4) is 0 Å². The third-order valence-corrected chi connectivity index (χ3v) is 6.47. The van der Waals surface area contributed by atoms with Crippen molar-refractivity contribution < 1.29 is 4.79 Å². The van der Waals surface area contributed by atoms with Gasteiger partial charge < -0.3 is 10.6 Å². The molecule has 124 valence electrons. The Bertz CT molecular complexity index is 593. The van der Waals surface area contributed by atoms with Gasteiger partial charge in [-0.05, 0) is 86.3 Å². The van der Waals surface area contributed by atoms with Crippen LogP contribution in [-0.4, -0.2) is 12.6 Å². The highest BCUT2D eigenvalue weighted by atomic mass is 35.5. The summed E-state index contributed by atoms with van der Waals surface area (Å²) in [5.41, 5.74) is 2.19. The van der Waals surface area contributed by atoms with Crippen molar-refractivity contribution in [2.75, 3.05) is 11.9 Å². The molecule has 3 nitrogen and oxygen atoms in total. The molecule has 0 unspecified atom stereocenters. The summed E-state index contributed by atoms with van der Waals surface area (Å²) in [6.07, 6.45) is 8.26. The molecule has 4 bridgehead atoms. The number of benzene rings is 1. The Hall–Kier alpha value is -1.22. The van der Waals surface area contributed by atoms with Crippen LogP contribution in [0.1, 0.15) is 44.1 Å². The van der Waals surface area contributed by atoms with Gasteiger partial charge in [-0.3, -0.25) is 0 Å². The number of nitrogens with one attached hydrogen (secondary N) is 2. The van der Waals surface area contributed by atoms with Crippen LogP contribution in [0.5, 0.6) is 0 Å².